The van der Waals surface area contributed by atoms with Crippen LogP contribution in [0.1, 0.15) is 6.92 Å². The molecule has 15 heavy (non-hydrogen) atoms. The van der Waals surface area contributed by atoms with Crippen LogP contribution in [0.3, 0.4) is 0 Å². The molecule has 0 heterocycles. The van der Waals surface area contributed by atoms with E-state index in [2.05, 4.69) is 0 Å². The molecule has 1 unspecified atom stereocenters. The van der Waals surface area contributed by atoms with E-state index in [0.717, 1.165) is 16.1 Å². The molecule has 0 aliphatic carbocycles. The zero-order valence-electron chi connectivity index (χ0n) is 8.57. The number of hydrogen-bond acceptors (Lipinski definition) is 2. The van der Waals surface area contributed by atoms with Crippen LogP contribution in [-0.2, 0) is 9.09 Å². The minimum Gasteiger partial charge on any atom is -0.328 e. The van der Waals surface area contributed by atoms with Crippen LogP contribution >= 0.6 is 8.03 Å². The van der Waals surface area contributed by atoms with Gasteiger partial charge in [-0.1, -0.05) is 30.3 Å². The number of rotatable bonds is 3. The first-order chi connectivity index (χ1) is 7.31. The van der Waals surface area contributed by atoms with Gasteiger partial charge < -0.3 is 4.52 Å². The van der Waals surface area contributed by atoms with Crippen LogP contribution in [0.25, 0.3) is 10.8 Å². The average Bonchev–Trinajstić information content (AvgIpc) is 2.29. The van der Waals surface area contributed by atoms with Gasteiger partial charge in [0.1, 0.15) is 0 Å². The lowest BCUT2D eigenvalue weighted by atomic mass is 10.1. The van der Waals surface area contributed by atoms with Crippen molar-refractivity contribution in [2.75, 3.05) is 6.61 Å². The van der Waals surface area contributed by atoms with Crippen molar-refractivity contribution in [1.29, 1.82) is 0 Å². The topological polar surface area (TPSA) is 26.3 Å². The maximum absolute atomic E-state index is 11.7. The van der Waals surface area contributed by atoms with Crippen LogP contribution in [0.15, 0.2) is 42.5 Å². The van der Waals surface area contributed by atoms with Gasteiger partial charge in [-0.25, -0.2) is 0 Å². The normalized spacial score (nSPS) is 12.9. The first-order valence-corrected chi connectivity index (χ1v) is 6.29. The van der Waals surface area contributed by atoms with Crippen LogP contribution in [0.4, 0.5) is 0 Å². The SMILES string of the molecule is CCO[PH](=O)c1ccc2ccccc2c1. The maximum atomic E-state index is 11.7. The summed E-state index contributed by atoms with van der Waals surface area (Å²) in [6, 6.07) is 13.8. The fourth-order valence-corrected chi connectivity index (χ4v) is 2.45. The molecule has 0 N–H and O–H groups in total. The van der Waals surface area contributed by atoms with Crippen molar-refractivity contribution in [1.82, 2.24) is 0 Å². The minimum atomic E-state index is -2.06. The van der Waals surface area contributed by atoms with Gasteiger partial charge in [-0.15, -0.1) is 0 Å². The molecule has 0 aliphatic rings. The van der Waals surface area contributed by atoms with Gasteiger partial charge in [-0.05, 0) is 29.8 Å². The standard InChI is InChI=1S/C12H13O2P/c1-2-14-15(13)12-8-7-10-5-3-4-6-11(10)9-12/h3-9,15H,2H2,1H3. The van der Waals surface area contributed by atoms with Gasteiger partial charge in [-0.2, -0.15) is 0 Å². The van der Waals surface area contributed by atoms with Crippen molar-refractivity contribution in [2.45, 2.75) is 6.92 Å². The van der Waals surface area contributed by atoms with Crippen LogP contribution < -0.4 is 5.30 Å². The number of fused-ring (bicyclic) bond motifs is 1. The molecule has 2 aromatic rings. The van der Waals surface area contributed by atoms with Crippen LogP contribution in [0.5, 0.6) is 0 Å². The minimum absolute atomic E-state index is 0.491. The molecule has 2 nitrogen and oxygen atoms in total. The fraction of sp³-hybridized carbons (Fsp3) is 0.167. The molecule has 0 bridgehead atoms. The Labute approximate surface area is 89.7 Å². The second-order valence-corrected chi connectivity index (χ2v) is 4.72. The molecule has 2 aromatic carbocycles. The number of hydrogen-bond donors (Lipinski definition) is 0. The molecular weight excluding hydrogens is 207 g/mol. The molecule has 0 spiro atoms. The van der Waals surface area contributed by atoms with Crippen molar-refractivity contribution in [3.8, 4) is 0 Å². The summed E-state index contributed by atoms with van der Waals surface area (Å²) in [4.78, 5) is 0. The monoisotopic (exact) mass is 220 g/mol. The third-order valence-corrected chi connectivity index (χ3v) is 3.59. The van der Waals surface area contributed by atoms with E-state index in [1.165, 1.54) is 0 Å². The Kier molecular flexibility index (Phi) is 3.20. The molecule has 0 aliphatic heterocycles. The van der Waals surface area contributed by atoms with Crippen molar-refractivity contribution in [2.24, 2.45) is 0 Å². The predicted molar refractivity (Wildman–Crippen MR) is 64.2 cm³/mol. The second-order valence-electron chi connectivity index (χ2n) is 3.28. The van der Waals surface area contributed by atoms with Crippen molar-refractivity contribution in [3.63, 3.8) is 0 Å². The van der Waals surface area contributed by atoms with Crippen molar-refractivity contribution >= 4 is 24.1 Å². The molecule has 0 aromatic heterocycles. The van der Waals surface area contributed by atoms with E-state index in [1.807, 2.05) is 49.4 Å². The van der Waals surface area contributed by atoms with Gasteiger partial charge in [0, 0.05) is 5.30 Å². The average molecular weight is 220 g/mol. The quantitative estimate of drug-likeness (QED) is 0.743. The summed E-state index contributed by atoms with van der Waals surface area (Å²) in [5, 5.41) is 3.06. The largest absolute Gasteiger partial charge is 0.328 e. The van der Waals surface area contributed by atoms with Crippen LogP contribution in [-0.4, -0.2) is 6.61 Å². The van der Waals surface area contributed by atoms with E-state index in [4.69, 9.17) is 4.52 Å². The zero-order valence-corrected chi connectivity index (χ0v) is 9.57. The summed E-state index contributed by atoms with van der Waals surface area (Å²) in [6.07, 6.45) is 0. The van der Waals surface area contributed by atoms with E-state index in [9.17, 15) is 4.57 Å². The fourth-order valence-electron chi connectivity index (χ4n) is 1.53. The molecule has 1 atom stereocenters. The van der Waals surface area contributed by atoms with E-state index in [-0.39, 0.29) is 0 Å². The highest BCUT2D eigenvalue weighted by Gasteiger charge is 2.03. The Hall–Kier alpha value is -1.11. The van der Waals surface area contributed by atoms with Crippen LogP contribution in [0, 0.1) is 0 Å². The summed E-state index contributed by atoms with van der Waals surface area (Å²) in [5.74, 6) is 0. The van der Waals surface area contributed by atoms with Crippen molar-refractivity contribution in [3.05, 3.63) is 42.5 Å². The van der Waals surface area contributed by atoms with Gasteiger partial charge in [0.15, 0.2) is 0 Å². The molecule has 0 fully saturated rings. The molecular formula is C12H13O2P. The zero-order chi connectivity index (χ0) is 10.7. The lowest BCUT2D eigenvalue weighted by Crippen LogP contribution is -1.97. The van der Waals surface area contributed by atoms with E-state index in [0.29, 0.717) is 6.61 Å². The molecule has 0 radical (unpaired) electrons. The van der Waals surface area contributed by atoms with E-state index in [1.54, 1.807) is 0 Å². The molecule has 3 heteroatoms. The Morgan fingerprint density at radius 3 is 2.60 bits per heavy atom. The summed E-state index contributed by atoms with van der Waals surface area (Å²) < 4.78 is 16.8. The maximum Gasteiger partial charge on any atom is 0.220 e. The second kappa shape index (κ2) is 4.61. The number of benzene rings is 2. The molecule has 2 rings (SSSR count). The third-order valence-electron chi connectivity index (χ3n) is 2.26. The highest BCUT2D eigenvalue weighted by molar-refractivity contribution is 7.48. The smallest absolute Gasteiger partial charge is 0.220 e. The lowest BCUT2D eigenvalue weighted by molar-refractivity contribution is 0.357. The van der Waals surface area contributed by atoms with Gasteiger partial charge in [0.2, 0.25) is 8.03 Å². The van der Waals surface area contributed by atoms with Crippen LogP contribution in [0.2, 0.25) is 0 Å². The summed E-state index contributed by atoms with van der Waals surface area (Å²) in [6.45, 7) is 2.34. The molecule has 0 amide bonds. The van der Waals surface area contributed by atoms with Gasteiger partial charge in [0.05, 0.1) is 6.61 Å². The summed E-state index contributed by atoms with van der Waals surface area (Å²) in [5.41, 5.74) is 0. The highest BCUT2D eigenvalue weighted by atomic mass is 31.1. The lowest BCUT2D eigenvalue weighted by Gasteiger charge is -2.03. The Bertz CT molecular complexity index is 494. The highest BCUT2D eigenvalue weighted by Crippen LogP contribution is 2.23. The first kappa shape index (κ1) is 10.4. The Morgan fingerprint density at radius 1 is 1.13 bits per heavy atom. The predicted octanol–water partition coefficient (Wildman–Crippen LogP) is 2.98. The Morgan fingerprint density at radius 2 is 1.87 bits per heavy atom. The summed E-state index contributed by atoms with van der Waals surface area (Å²) >= 11 is 0. The Balaban J connectivity index is 2.42. The first-order valence-electron chi connectivity index (χ1n) is 4.97. The molecule has 78 valence electrons. The van der Waals surface area contributed by atoms with Gasteiger partial charge in [0.25, 0.3) is 0 Å². The van der Waals surface area contributed by atoms with Gasteiger partial charge >= 0.3 is 0 Å². The third kappa shape index (κ3) is 2.28. The summed E-state index contributed by atoms with van der Waals surface area (Å²) in [7, 11) is -2.06. The molecule has 0 saturated heterocycles. The van der Waals surface area contributed by atoms with E-state index >= 15 is 0 Å². The molecule has 0 saturated carbocycles. The van der Waals surface area contributed by atoms with Crippen molar-refractivity contribution < 1.29 is 9.09 Å². The van der Waals surface area contributed by atoms with E-state index < -0.39 is 8.03 Å². The van der Waals surface area contributed by atoms with Gasteiger partial charge in [-0.3, -0.25) is 4.57 Å².